The van der Waals surface area contributed by atoms with Crippen molar-refractivity contribution >= 4 is 11.9 Å². The third-order valence-corrected chi connectivity index (χ3v) is 17.4. The Bertz CT molecular complexity index is 1650. The van der Waals surface area contributed by atoms with Crippen molar-refractivity contribution in [3.8, 4) is 0 Å². The van der Waals surface area contributed by atoms with Crippen LogP contribution < -0.4 is 5.32 Å². The van der Waals surface area contributed by atoms with E-state index >= 15 is 0 Å². The number of carbonyl (C=O) groups is 2. The molecule has 1 rings (SSSR count). The van der Waals surface area contributed by atoms with Crippen molar-refractivity contribution in [1.82, 2.24) is 5.32 Å². The van der Waals surface area contributed by atoms with Gasteiger partial charge < -0.3 is 45.1 Å². The zero-order chi connectivity index (χ0) is 63.1. The maximum Gasteiger partial charge on any atom is 0.306 e. The molecule has 0 bridgehead atoms. The van der Waals surface area contributed by atoms with E-state index in [1.807, 2.05) is 6.08 Å². The molecule has 11 heteroatoms. The number of hydrogen-bond donors (Lipinski definition) is 6. The number of hydrogen-bond acceptors (Lipinski definition) is 10. The fourth-order valence-corrected chi connectivity index (χ4v) is 11.5. The van der Waals surface area contributed by atoms with E-state index in [-0.39, 0.29) is 13.0 Å². The SMILES string of the molecule is CCCCC/C=C\C/C=C\C/C=C\CCCCCCCCCCC(=O)OC1C(OCC(NC(=O)C(O)CCCCCCCCCCCCCCCC/C=C/CCCCCCCC)C(O)/C=C/CCCCCCCCCCCCC)OC(CO)C(O)C1O. The molecule has 1 heterocycles. The number of ether oxygens (including phenoxy) is 3. The molecule has 8 atom stereocenters. The molecule has 0 saturated carbocycles. The van der Waals surface area contributed by atoms with Crippen LogP contribution in [0.25, 0.3) is 0 Å². The number of rotatable bonds is 64. The van der Waals surface area contributed by atoms with E-state index in [0.29, 0.717) is 19.3 Å². The van der Waals surface area contributed by atoms with Crippen molar-refractivity contribution in [3.05, 3.63) is 60.8 Å². The van der Waals surface area contributed by atoms with Gasteiger partial charge >= 0.3 is 5.97 Å². The van der Waals surface area contributed by atoms with E-state index in [0.717, 1.165) is 83.5 Å². The molecule has 1 saturated heterocycles. The highest BCUT2D eigenvalue weighted by Gasteiger charge is 2.47. The van der Waals surface area contributed by atoms with Gasteiger partial charge in [-0.3, -0.25) is 9.59 Å². The van der Waals surface area contributed by atoms with Crippen molar-refractivity contribution in [1.29, 1.82) is 0 Å². The first-order valence-corrected chi connectivity index (χ1v) is 37.1. The summed E-state index contributed by atoms with van der Waals surface area (Å²) in [6.07, 6.45) is 71.1. The van der Waals surface area contributed by atoms with Gasteiger partial charge in [0.25, 0.3) is 0 Å². The highest BCUT2D eigenvalue weighted by Crippen LogP contribution is 2.26. The highest BCUT2D eigenvalue weighted by atomic mass is 16.7. The van der Waals surface area contributed by atoms with Crippen LogP contribution in [-0.2, 0) is 23.8 Å². The van der Waals surface area contributed by atoms with Crippen LogP contribution in [-0.4, -0.2) is 99.6 Å². The topological polar surface area (TPSA) is 175 Å². The second-order valence-corrected chi connectivity index (χ2v) is 25.7. The first kappa shape index (κ1) is 82.4. The third-order valence-electron chi connectivity index (χ3n) is 17.4. The van der Waals surface area contributed by atoms with Gasteiger partial charge in [0.1, 0.15) is 24.4 Å². The zero-order valence-electron chi connectivity index (χ0n) is 56.6. The lowest BCUT2D eigenvalue weighted by atomic mass is 9.99. The number of amides is 1. The Morgan fingerprint density at radius 2 is 0.793 bits per heavy atom. The molecule has 87 heavy (non-hydrogen) atoms. The molecule has 0 aliphatic carbocycles. The number of carbonyl (C=O) groups excluding carboxylic acids is 2. The molecular weight excluding hydrogens is 1090 g/mol. The second-order valence-electron chi connectivity index (χ2n) is 25.7. The second kappa shape index (κ2) is 63.5. The van der Waals surface area contributed by atoms with Gasteiger partial charge in [0.2, 0.25) is 5.91 Å². The van der Waals surface area contributed by atoms with E-state index in [9.17, 15) is 35.1 Å². The molecule has 1 fully saturated rings. The van der Waals surface area contributed by atoms with E-state index in [2.05, 4.69) is 74.7 Å². The Morgan fingerprint density at radius 3 is 1.22 bits per heavy atom. The van der Waals surface area contributed by atoms with Crippen LogP contribution in [0.3, 0.4) is 0 Å². The fourth-order valence-electron chi connectivity index (χ4n) is 11.5. The number of allylic oxidation sites excluding steroid dienone is 9. The standard InChI is InChI=1S/C76H139NO10/c1-4-7-10-13-16-19-22-25-27-29-31-33-34-35-37-38-40-42-45-48-51-54-57-60-63-69(80)75(84)77-67(68(79)62-59-56-53-50-47-44-24-21-18-15-12-9-6-3)66-85-76-74(73(83)72(82)70(65-78)86-76)87-71(81)64-61-58-55-52-49-46-43-41-39-36-32-30-28-26-23-20-17-14-11-8-5-2/h17,20,25-28,32,36,59,62,67-70,72-74,76,78-80,82-83H,4-16,18-19,21-24,29-31,33-35,37-58,60-61,63-66H2,1-3H3,(H,77,84)/b20-17-,27-25+,28-26-,36-32-,62-59+. The first-order valence-electron chi connectivity index (χ1n) is 37.1. The summed E-state index contributed by atoms with van der Waals surface area (Å²) < 4.78 is 17.7. The molecule has 6 N–H and O–H groups in total. The number of aliphatic hydroxyl groups excluding tert-OH is 5. The highest BCUT2D eigenvalue weighted by molar-refractivity contribution is 5.80. The van der Waals surface area contributed by atoms with Crippen molar-refractivity contribution < 1.29 is 49.3 Å². The largest absolute Gasteiger partial charge is 0.454 e. The summed E-state index contributed by atoms with van der Waals surface area (Å²) in [6, 6.07) is -1.03. The molecule has 8 unspecified atom stereocenters. The van der Waals surface area contributed by atoms with E-state index < -0.39 is 67.4 Å². The van der Waals surface area contributed by atoms with Gasteiger partial charge in [-0.2, -0.15) is 0 Å². The Labute approximate surface area is 535 Å². The van der Waals surface area contributed by atoms with Gasteiger partial charge in [-0.1, -0.05) is 313 Å². The van der Waals surface area contributed by atoms with Gasteiger partial charge in [0, 0.05) is 6.42 Å². The fraction of sp³-hybridized carbons (Fsp3) is 0.842. The van der Waals surface area contributed by atoms with E-state index in [1.54, 1.807) is 6.08 Å². The summed E-state index contributed by atoms with van der Waals surface area (Å²) in [5.74, 6) is -1.19. The van der Waals surface area contributed by atoms with Gasteiger partial charge in [-0.05, 0) is 89.9 Å². The van der Waals surface area contributed by atoms with Crippen LogP contribution in [0.2, 0.25) is 0 Å². The lowest BCUT2D eigenvalue weighted by molar-refractivity contribution is -0.305. The predicted octanol–water partition coefficient (Wildman–Crippen LogP) is 19.3. The minimum Gasteiger partial charge on any atom is -0.454 e. The van der Waals surface area contributed by atoms with Gasteiger partial charge in [0.15, 0.2) is 12.4 Å². The summed E-state index contributed by atoms with van der Waals surface area (Å²) in [6.45, 7) is 5.81. The molecule has 0 aromatic carbocycles. The normalized spacial score (nSPS) is 18.6. The molecule has 1 amide bonds. The average Bonchev–Trinajstić information content (AvgIpc) is 2.32. The van der Waals surface area contributed by atoms with Crippen LogP contribution >= 0.6 is 0 Å². The zero-order valence-corrected chi connectivity index (χ0v) is 56.6. The molecule has 508 valence electrons. The molecule has 0 spiro atoms. The molecule has 0 radical (unpaired) electrons. The van der Waals surface area contributed by atoms with Crippen molar-refractivity contribution in [2.75, 3.05) is 13.2 Å². The molecule has 11 nitrogen and oxygen atoms in total. The van der Waals surface area contributed by atoms with Crippen LogP contribution in [0.1, 0.15) is 348 Å². The van der Waals surface area contributed by atoms with Crippen LogP contribution in [0, 0.1) is 0 Å². The lowest BCUT2D eigenvalue weighted by Crippen LogP contribution is -2.61. The molecular formula is C76H139NO10. The molecule has 0 aromatic rings. The predicted molar refractivity (Wildman–Crippen MR) is 366 cm³/mol. The molecule has 1 aliphatic heterocycles. The van der Waals surface area contributed by atoms with Gasteiger partial charge in [-0.15, -0.1) is 0 Å². The molecule has 0 aromatic heterocycles. The van der Waals surface area contributed by atoms with Crippen molar-refractivity contribution in [3.63, 3.8) is 0 Å². The average molecular weight is 1230 g/mol. The smallest absolute Gasteiger partial charge is 0.306 e. The van der Waals surface area contributed by atoms with Gasteiger partial charge in [0.05, 0.1) is 25.4 Å². The van der Waals surface area contributed by atoms with Crippen molar-refractivity contribution in [2.45, 2.75) is 397 Å². The Balaban J connectivity index is 2.57. The number of aliphatic hydroxyl groups is 5. The Hall–Kier alpha value is -2.64. The Morgan fingerprint density at radius 1 is 0.448 bits per heavy atom. The minimum atomic E-state index is -1.62. The van der Waals surface area contributed by atoms with E-state index in [4.69, 9.17) is 14.2 Å². The van der Waals surface area contributed by atoms with Crippen LogP contribution in [0.15, 0.2) is 60.8 Å². The summed E-state index contributed by atoms with van der Waals surface area (Å²) in [7, 11) is 0. The third kappa shape index (κ3) is 50.7. The van der Waals surface area contributed by atoms with Crippen LogP contribution in [0.5, 0.6) is 0 Å². The molecule has 1 aliphatic rings. The number of nitrogens with one attached hydrogen (secondary N) is 1. The summed E-state index contributed by atoms with van der Waals surface area (Å²) in [5, 5.41) is 57.3. The lowest BCUT2D eigenvalue weighted by Gasteiger charge is -2.41. The summed E-state index contributed by atoms with van der Waals surface area (Å²) in [5.41, 5.74) is 0. The monoisotopic (exact) mass is 1230 g/mol. The van der Waals surface area contributed by atoms with Crippen LogP contribution in [0.4, 0.5) is 0 Å². The van der Waals surface area contributed by atoms with E-state index in [1.165, 1.54) is 218 Å². The quantitative estimate of drug-likeness (QED) is 0.0195. The minimum absolute atomic E-state index is 0.115. The summed E-state index contributed by atoms with van der Waals surface area (Å²) in [4.78, 5) is 26.7. The summed E-state index contributed by atoms with van der Waals surface area (Å²) >= 11 is 0. The first-order chi connectivity index (χ1) is 42.7. The maximum absolute atomic E-state index is 13.5. The maximum atomic E-state index is 13.5. The number of esters is 1. The number of unbranched alkanes of at least 4 members (excludes halogenated alkanes) is 42. The van der Waals surface area contributed by atoms with Gasteiger partial charge in [-0.25, -0.2) is 0 Å². The van der Waals surface area contributed by atoms with Crippen molar-refractivity contribution in [2.24, 2.45) is 0 Å². The Kier molecular flexibility index (Phi) is 60.1.